The number of nitrogens with zero attached hydrogens (tertiary/aromatic N) is 1. The molecule has 1 aromatic heterocycles. The van der Waals surface area contributed by atoms with Gasteiger partial charge in [-0.05, 0) is 23.7 Å². The predicted molar refractivity (Wildman–Crippen MR) is 80.1 cm³/mol. The second kappa shape index (κ2) is 5.19. The zero-order chi connectivity index (χ0) is 13.2. The Kier molecular flexibility index (Phi) is 3.40. The van der Waals surface area contributed by atoms with Crippen LogP contribution in [0.25, 0.3) is 22.6 Å². The number of aromatic nitrogens is 1. The molecule has 94 valence electrons. The van der Waals surface area contributed by atoms with E-state index in [9.17, 15) is 0 Å². The summed E-state index contributed by atoms with van der Waals surface area (Å²) in [6, 6.07) is 17.7. The third-order valence-electron chi connectivity index (χ3n) is 2.75. The Morgan fingerprint density at radius 3 is 2.26 bits per heavy atom. The monoisotopic (exact) mass is 333 g/mol. The summed E-state index contributed by atoms with van der Waals surface area (Å²) >= 11 is 9.32. The van der Waals surface area contributed by atoms with Crippen LogP contribution in [0.3, 0.4) is 0 Å². The fraction of sp³-hybridized carbons (Fsp3) is 0. The van der Waals surface area contributed by atoms with Crippen LogP contribution >= 0.6 is 27.5 Å². The van der Waals surface area contributed by atoms with Crippen molar-refractivity contribution in [2.75, 3.05) is 0 Å². The molecule has 0 aliphatic rings. The summed E-state index contributed by atoms with van der Waals surface area (Å²) in [5, 5.41) is 0.150. The van der Waals surface area contributed by atoms with Gasteiger partial charge in [-0.2, -0.15) is 4.98 Å². The second-order valence-electron chi connectivity index (χ2n) is 4.02. The van der Waals surface area contributed by atoms with Crippen LogP contribution in [0.2, 0.25) is 5.35 Å². The van der Waals surface area contributed by atoms with Crippen LogP contribution in [0.4, 0.5) is 0 Å². The number of hydrogen-bond acceptors (Lipinski definition) is 2. The van der Waals surface area contributed by atoms with E-state index in [1.165, 1.54) is 0 Å². The van der Waals surface area contributed by atoms with Crippen molar-refractivity contribution in [1.82, 2.24) is 4.98 Å². The molecule has 1 heterocycles. The molecule has 0 aliphatic heterocycles. The number of rotatable bonds is 2. The topological polar surface area (TPSA) is 26.0 Å². The summed E-state index contributed by atoms with van der Waals surface area (Å²) in [6.45, 7) is 0. The fourth-order valence-corrected chi connectivity index (χ4v) is 2.31. The van der Waals surface area contributed by atoms with Crippen LogP contribution < -0.4 is 0 Å². The predicted octanol–water partition coefficient (Wildman–Crippen LogP) is 5.42. The maximum absolute atomic E-state index is 5.91. The van der Waals surface area contributed by atoms with Crippen molar-refractivity contribution in [3.8, 4) is 22.6 Å². The highest BCUT2D eigenvalue weighted by Crippen LogP contribution is 2.34. The largest absolute Gasteiger partial charge is 0.427 e. The molecule has 0 atom stereocenters. The van der Waals surface area contributed by atoms with Gasteiger partial charge in [0.25, 0.3) is 5.35 Å². The van der Waals surface area contributed by atoms with Gasteiger partial charge in [0.1, 0.15) is 5.69 Å². The summed E-state index contributed by atoms with van der Waals surface area (Å²) < 4.78 is 6.55. The molecular formula is C15H9BrClNO. The lowest BCUT2D eigenvalue weighted by molar-refractivity contribution is 0.574. The number of hydrogen-bond donors (Lipinski definition) is 0. The molecule has 19 heavy (non-hydrogen) atoms. The van der Waals surface area contributed by atoms with Crippen LogP contribution in [0, 0.1) is 0 Å². The Balaban J connectivity index is 2.15. The first-order valence-corrected chi connectivity index (χ1v) is 6.89. The normalized spacial score (nSPS) is 10.6. The second-order valence-corrected chi connectivity index (χ2v) is 5.26. The molecule has 0 spiro atoms. The highest BCUT2D eigenvalue weighted by atomic mass is 79.9. The first-order chi connectivity index (χ1) is 9.24. The van der Waals surface area contributed by atoms with Gasteiger partial charge in [-0.25, -0.2) is 0 Å². The lowest BCUT2D eigenvalue weighted by Gasteiger charge is -2.01. The van der Waals surface area contributed by atoms with Crippen molar-refractivity contribution in [2.24, 2.45) is 0 Å². The lowest BCUT2D eigenvalue weighted by Crippen LogP contribution is -1.81. The highest BCUT2D eigenvalue weighted by molar-refractivity contribution is 9.10. The van der Waals surface area contributed by atoms with Crippen LogP contribution in [0.15, 0.2) is 63.5 Å². The molecule has 4 heteroatoms. The van der Waals surface area contributed by atoms with Gasteiger partial charge in [0.05, 0.1) is 0 Å². The molecule has 2 aromatic carbocycles. The molecule has 0 aliphatic carbocycles. The van der Waals surface area contributed by atoms with Gasteiger partial charge < -0.3 is 4.42 Å². The molecule has 0 unspecified atom stereocenters. The van der Waals surface area contributed by atoms with E-state index in [1.807, 2.05) is 54.6 Å². The SMILES string of the molecule is Clc1nc(-c2ccccc2)c(-c2ccc(Br)cc2)o1. The lowest BCUT2D eigenvalue weighted by atomic mass is 10.1. The maximum Gasteiger partial charge on any atom is 0.293 e. The molecule has 0 bridgehead atoms. The van der Waals surface area contributed by atoms with Crippen LogP contribution in [0.5, 0.6) is 0 Å². The van der Waals surface area contributed by atoms with Crippen molar-refractivity contribution < 1.29 is 4.42 Å². The third-order valence-corrected chi connectivity index (χ3v) is 3.45. The molecule has 0 saturated carbocycles. The third kappa shape index (κ3) is 2.57. The average Bonchev–Trinajstić information content (AvgIpc) is 2.83. The molecule has 2 nitrogen and oxygen atoms in total. The van der Waals surface area contributed by atoms with Gasteiger partial charge in [0.15, 0.2) is 5.76 Å². The highest BCUT2D eigenvalue weighted by Gasteiger charge is 2.15. The molecule has 0 N–H and O–H groups in total. The molecule has 0 amide bonds. The van der Waals surface area contributed by atoms with E-state index >= 15 is 0 Å². The van der Waals surface area contributed by atoms with Crippen LogP contribution in [0.1, 0.15) is 0 Å². The fourth-order valence-electron chi connectivity index (χ4n) is 1.88. The first kappa shape index (κ1) is 12.5. The standard InChI is InChI=1S/C15H9BrClNO/c16-12-8-6-11(7-9-12)14-13(18-15(17)19-14)10-4-2-1-3-5-10/h1-9H. The van der Waals surface area contributed by atoms with Crippen LogP contribution in [-0.2, 0) is 0 Å². The van der Waals surface area contributed by atoms with Gasteiger partial charge in [0, 0.05) is 15.6 Å². The quantitative estimate of drug-likeness (QED) is 0.625. The Labute approximate surface area is 124 Å². The summed E-state index contributed by atoms with van der Waals surface area (Å²) in [5.41, 5.74) is 2.69. The Hall–Kier alpha value is -1.58. The van der Waals surface area contributed by atoms with Gasteiger partial charge in [-0.1, -0.05) is 58.4 Å². The van der Waals surface area contributed by atoms with E-state index in [-0.39, 0.29) is 5.35 Å². The molecule has 0 saturated heterocycles. The molecule has 3 rings (SSSR count). The van der Waals surface area contributed by atoms with Gasteiger partial charge in [0.2, 0.25) is 0 Å². The molecule has 0 radical (unpaired) electrons. The average molecular weight is 335 g/mol. The van der Waals surface area contributed by atoms with E-state index < -0.39 is 0 Å². The van der Waals surface area contributed by atoms with Crippen molar-refractivity contribution in [1.29, 1.82) is 0 Å². The van der Waals surface area contributed by atoms with E-state index in [0.29, 0.717) is 5.76 Å². The zero-order valence-electron chi connectivity index (χ0n) is 9.81. The Morgan fingerprint density at radius 1 is 0.895 bits per heavy atom. The van der Waals surface area contributed by atoms with E-state index in [2.05, 4.69) is 20.9 Å². The van der Waals surface area contributed by atoms with E-state index in [4.69, 9.17) is 16.0 Å². The van der Waals surface area contributed by atoms with Gasteiger partial charge in [-0.3, -0.25) is 0 Å². The van der Waals surface area contributed by atoms with Crippen molar-refractivity contribution in [3.05, 3.63) is 64.4 Å². The van der Waals surface area contributed by atoms with Crippen LogP contribution in [-0.4, -0.2) is 4.98 Å². The van der Waals surface area contributed by atoms with E-state index in [0.717, 1.165) is 21.3 Å². The summed E-state index contributed by atoms with van der Waals surface area (Å²) in [7, 11) is 0. The number of oxazole rings is 1. The maximum atomic E-state index is 5.91. The summed E-state index contributed by atoms with van der Waals surface area (Å²) in [5.74, 6) is 0.684. The van der Waals surface area contributed by atoms with E-state index in [1.54, 1.807) is 0 Å². The Bertz CT molecular complexity index is 692. The van der Waals surface area contributed by atoms with Gasteiger partial charge in [-0.15, -0.1) is 0 Å². The minimum Gasteiger partial charge on any atom is -0.427 e. The van der Waals surface area contributed by atoms with Crippen molar-refractivity contribution >= 4 is 27.5 Å². The summed E-state index contributed by atoms with van der Waals surface area (Å²) in [4.78, 5) is 4.27. The van der Waals surface area contributed by atoms with Crippen molar-refractivity contribution in [3.63, 3.8) is 0 Å². The summed E-state index contributed by atoms with van der Waals surface area (Å²) in [6.07, 6.45) is 0. The minimum absolute atomic E-state index is 0.150. The minimum atomic E-state index is 0.150. The number of halogens is 2. The first-order valence-electron chi connectivity index (χ1n) is 5.72. The molecular weight excluding hydrogens is 326 g/mol. The smallest absolute Gasteiger partial charge is 0.293 e. The number of benzene rings is 2. The zero-order valence-corrected chi connectivity index (χ0v) is 12.1. The molecule has 3 aromatic rings. The molecule has 0 fully saturated rings. The van der Waals surface area contributed by atoms with Crippen molar-refractivity contribution in [2.45, 2.75) is 0 Å². The Morgan fingerprint density at radius 2 is 1.58 bits per heavy atom. The van der Waals surface area contributed by atoms with Gasteiger partial charge >= 0.3 is 0 Å².